The van der Waals surface area contributed by atoms with Crippen molar-refractivity contribution in [3.8, 4) is 5.75 Å². The number of methoxy groups -OCH3 is 1. The molecule has 0 aromatic heterocycles. The molecule has 2 nitrogen and oxygen atoms in total. The summed E-state index contributed by atoms with van der Waals surface area (Å²) in [5.74, 6) is 0.164. The SMILES string of the molecule is [2H]c1cc(OC)cc([2H])c1C(C)=O. The number of ether oxygens (including phenoxy) is 1. The van der Waals surface area contributed by atoms with E-state index in [9.17, 15) is 4.79 Å². The first-order valence-electron chi connectivity index (χ1n) is 4.22. The number of rotatable bonds is 2. The maximum absolute atomic E-state index is 11.0. The van der Waals surface area contributed by atoms with E-state index in [1.807, 2.05) is 0 Å². The van der Waals surface area contributed by atoms with Gasteiger partial charge in [0.1, 0.15) is 5.75 Å². The lowest BCUT2D eigenvalue weighted by molar-refractivity contribution is 0.101. The van der Waals surface area contributed by atoms with Crippen molar-refractivity contribution in [3.05, 3.63) is 29.8 Å². The highest BCUT2D eigenvalue weighted by Gasteiger charge is 1.97. The molecule has 0 saturated carbocycles. The number of benzene rings is 1. The van der Waals surface area contributed by atoms with Crippen LogP contribution in [0, 0.1) is 0 Å². The van der Waals surface area contributed by atoms with Gasteiger partial charge in [-0.15, -0.1) is 0 Å². The monoisotopic (exact) mass is 152 g/mol. The van der Waals surface area contributed by atoms with Crippen molar-refractivity contribution in [2.24, 2.45) is 0 Å². The number of carbonyl (C=O) groups is 1. The zero-order chi connectivity index (χ0) is 10.0. The minimum Gasteiger partial charge on any atom is -0.497 e. The Hall–Kier alpha value is -1.31. The van der Waals surface area contributed by atoms with Gasteiger partial charge in [-0.2, -0.15) is 0 Å². The first kappa shape index (κ1) is 5.35. The van der Waals surface area contributed by atoms with E-state index in [1.165, 1.54) is 26.2 Å². The summed E-state index contributed by atoms with van der Waals surface area (Å²) in [5, 5.41) is 0. The minimum atomic E-state index is -0.266. The van der Waals surface area contributed by atoms with E-state index in [0.717, 1.165) is 0 Å². The highest BCUT2D eigenvalue weighted by atomic mass is 16.5. The number of ketones is 1. The number of hydrogen-bond donors (Lipinski definition) is 0. The molecular formula is C9H10O2. The Bertz CT molecular complexity index is 324. The van der Waals surface area contributed by atoms with Gasteiger partial charge in [-0.3, -0.25) is 4.79 Å². The van der Waals surface area contributed by atoms with Crippen LogP contribution in [-0.4, -0.2) is 12.9 Å². The molecule has 1 aromatic carbocycles. The average Bonchev–Trinajstić information content (AvgIpc) is 2.02. The van der Waals surface area contributed by atoms with E-state index in [4.69, 9.17) is 7.48 Å². The van der Waals surface area contributed by atoms with Gasteiger partial charge in [0, 0.05) is 5.56 Å². The van der Waals surface area contributed by atoms with Gasteiger partial charge in [-0.05, 0) is 31.1 Å². The second-order valence-electron chi connectivity index (χ2n) is 2.12. The molecule has 0 aliphatic heterocycles. The summed E-state index contributed by atoms with van der Waals surface area (Å²) in [4.78, 5) is 11.0. The third-order valence-corrected chi connectivity index (χ3v) is 1.31. The molecule has 0 heterocycles. The van der Waals surface area contributed by atoms with Crippen LogP contribution < -0.4 is 4.74 Å². The zero-order valence-electron chi connectivity index (χ0n) is 8.47. The lowest BCUT2D eigenvalue weighted by Crippen LogP contribution is -1.91. The Morgan fingerprint density at radius 1 is 1.55 bits per heavy atom. The lowest BCUT2D eigenvalue weighted by Gasteiger charge is -1.98. The molecule has 0 amide bonds. The molecule has 2 heteroatoms. The van der Waals surface area contributed by atoms with E-state index in [0.29, 0.717) is 5.75 Å². The van der Waals surface area contributed by atoms with Gasteiger partial charge >= 0.3 is 0 Å². The van der Waals surface area contributed by atoms with E-state index >= 15 is 0 Å². The number of carbonyl (C=O) groups excluding carboxylic acids is 1. The van der Waals surface area contributed by atoms with Gasteiger partial charge in [0.05, 0.1) is 9.85 Å². The van der Waals surface area contributed by atoms with Crippen LogP contribution in [0.25, 0.3) is 0 Å². The number of hydrogen-bond acceptors (Lipinski definition) is 2. The third kappa shape index (κ3) is 1.80. The minimum absolute atomic E-state index is 0.0388. The van der Waals surface area contributed by atoms with Crippen molar-refractivity contribution < 1.29 is 12.3 Å². The lowest BCUT2D eigenvalue weighted by atomic mass is 10.1. The van der Waals surface area contributed by atoms with Crippen molar-refractivity contribution in [1.82, 2.24) is 0 Å². The molecule has 0 N–H and O–H groups in total. The molecule has 0 aliphatic carbocycles. The van der Waals surface area contributed by atoms with Gasteiger partial charge < -0.3 is 4.74 Å². The summed E-state index contributed by atoms with van der Waals surface area (Å²) in [6, 6.07) is 2.93. The van der Waals surface area contributed by atoms with E-state index in [-0.39, 0.29) is 23.4 Å². The van der Waals surface area contributed by atoms with Crippen LogP contribution in [0.15, 0.2) is 24.2 Å². The summed E-state index contributed by atoms with van der Waals surface area (Å²) < 4.78 is 19.8. The predicted molar refractivity (Wildman–Crippen MR) is 43.0 cm³/mol. The van der Waals surface area contributed by atoms with Gasteiger partial charge in [0.15, 0.2) is 5.78 Å². The van der Waals surface area contributed by atoms with Crippen molar-refractivity contribution in [3.63, 3.8) is 0 Å². The molecule has 0 radical (unpaired) electrons. The maximum atomic E-state index is 11.0. The molecule has 1 rings (SSSR count). The molecule has 0 bridgehead atoms. The summed E-state index contributed by atoms with van der Waals surface area (Å²) in [5.41, 5.74) is 0.140. The molecule has 0 aliphatic rings. The smallest absolute Gasteiger partial charge is 0.159 e. The Labute approximate surface area is 68.6 Å². The highest BCUT2D eigenvalue weighted by Crippen LogP contribution is 2.11. The molecule has 0 atom stereocenters. The van der Waals surface area contributed by atoms with Crippen molar-refractivity contribution in [1.29, 1.82) is 0 Å². The van der Waals surface area contributed by atoms with E-state index in [2.05, 4.69) is 0 Å². The standard InChI is InChI=1S/C9H10O2/c1-7(10)8-3-5-9(11-2)6-4-8/h3-6H,1-2H3/i3D,4D. The van der Waals surface area contributed by atoms with Gasteiger partial charge in [-0.1, -0.05) is 0 Å². The molecule has 0 unspecified atom stereocenters. The molecule has 0 saturated heterocycles. The average molecular weight is 152 g/mol. The van der Waals surface area contributed by atoms with Crippen molar-refractivity contribution >= 4 is 5.78 Å². The Balaban J connectivity index is 3.31. The fourth-order valence-electron chi connectivity index (χ4n) is 0.691. The second kappa shape index (κ2) is 3.19. The van der Waals surface area contributed by atoms with Crippen LogP contribution in [-0.2, 0) is 0 Å². The topological polar surface area (TPSA) is 26.3 Å². The first-order chi connectivity index (χ1) is 6.06. The normalized spacial score (nSPS) is 11.8. The molecule has 11 heavy (non-hydrogen) atoms. The fourth-order valence-corrected chi connectivity index (χ4v) is 0.691. The van der Waals surface area contributed by atoms with Crippen LogP contribution >= 0.6 is 0 Å². The largest absolute Gasteiger partial charge is 0.497 e. The van der Waals surface area contributed by atoms with Crippen LogP contribution in [0.3, 0.4) is 0 Å². The van der Waals surface area contributed by atoms with Gasteiger partial charge in [-0.25, -0.2) is 0 Å². The highest BCUT2D eigenvalue weighted by molar-refractivity contribution is 5.94. The first-order valence-corrected chi connectivity index (χ1v) is 3.22. The second-order valence-corrected chi connectivity index (χ2v) is 2.12. The van der Waals surface area contributed by atoms with E-state index in [1.54, 1.807) is 0 Å². The van der Waals surface area contributed by atoms with Crippen molar-refractivity contribution in [2.75, 3.05) is 7.11 Å². The van der Waals surface area contributed by atoms with Crippen LogP contribution in [0.5, 0.6) is 5.75 Å². The quantitative estimate of drug-likeness (QED) is 0.605. The van der Waals surface area contributed by atoms with Crippen LogP contribution in [0.4, 0.5) is 0 Å². The summed E-state index contributed by atoms with van der Waals surface area (Å²) in [7, 11) is 1.46. The van der Waals surface area contributed by atoms with E-state index < -0.39 is 0 Å². The predicted octanol–water partition coefficient (Wildman–Crippen LogP) is 1.90. The Morgan fingerprint density at radius 3 is 2.45 bits per heavy atom. The molecule has 0 fully saturated rings. The molecular weight excluding hydrogens is 140 g/mol. The molecule has 1 aromatic rings. The summed E-state index contributed by atoms with van der Waals surface area (Å²) in [6.45, 7) is 1.35. The molecule has 0 spiro atoms. The number of Topliss-reactive ketones (excluding diaryl/α,β-unsaturated/α-hetero) is 1. The zero-order valence-corrected chi connectivity index (χ0v) is 6.47. The maximum Gasteiger partial charge on any atom is 0.159 e. The fraction of sp³-hybridized carbons (Fsp3) is 0.222. The summed E-state index contributed by atoms with van der Waals surface area (Å²) >= 11 is 0. The third-order valence-electron chi connectivity index (χ3n) is 1.31. The van der Waals surface area contributed by atoms with Crippen LogP contribution in [0.2, 0.25) is 0 Å². The van der Waals surface area contributed by atoms with Crippen LogP contribution in [0.1, 0.15) is 20.0 Å². The van der Waals surface area contributed by atoms with Gasteiger partial charge in [0.2, 0.25) is 0 Å². The Morgan fingerprint density at radius 2 is 2.09 bits per heavy atom. The van der Waals surface area contributed by atoms with Crippen molar-refractivity contribution in [2.45, 2.75) is 6.92 Å². The Kier molecular flexibility index (Phi) is 1.55. The summed E-state index contributed by atoms with van der Waals surface area (Å²) in [6.07, 6.45) is 0. The van der Waals surface area contributed by atoms with Gasteiger partial charge in [0.25, 0.3) is 0 Å². The molecule has 58 valence electrons.